The minimum atomic E-state index is -4.29. The summed E-state index contributed by atoms with van der Waals surface area (Å²) in [7, 11) is -4.29. The topological polar surface area (TPSA) is 134 Å². The summed E-state index contributed by atoms with van der Waals surface area (Å²) in [5.74, 6) is -0.657. The predicted octanol–water partition coefficient (Wildman–Crippen LogP) is 4.45. The van der Waals surface area contributed by atoms with E-state index >= 15 is 0 Å². The summed E-state index contributed by atoms with van der Waals surface area (Å²) < 4.78 is 52.8. The fourth-order valence-corrected chi connectivity index (χ4v) is 5.35. The van der Waals surface area contributed by atoms with Crippen molar-refractivity contribution in [1.82, 2.24) is 5.32 Å². The van der Waals surface area contributed by atoms with Crippen molar-refractivity contribution in [2.45, 2.75) is 17.6 Å². The number of rotatable bonds is 7. The monoisotopic (exact) mass is 549 g/mol. The van der Waals surface area contributed by atoms with E-state index in [0.29, 0.717) is 0 Å². The Kier molecular flexibility index (Phi) is 7.69. The average Bonchev–Trinajstić information content (AvgIpc) is 2.87. The maximum absolute atomic E-state index is 13.7. The van der Waals surface area contributed by atoms with E-state index in [2.05, 4.69) is 10.6 Å². The van der Waals surface area contributed by atoms with Crippen molar-refractivity contribution < 1.29 is 37.0 Å². The lowest BCUT2D eigenvalue weighted by Crippen LogP contribution is -2.48. The number of sulfonamides is 1. The number of hydrogen-bond acceptors (Lipinski definition) is 6. The first-order valence-corrected chi connectivity index (χ1v) is 12.7. The van der Waals surface area contributed by atoms with Gasteiger partial charge in [-0.25, -0.2) is 22.4 Å². The first-order chi connectivity index (χ1) is 17.6. The lowest BCUT2D eigenvalue weighted by atomic mass is 10.2. The third-order valence-electron chi connectivity index (χ3n) is 5.31. The Labute approximate surface area is 216 Å². The highest BCUT2D eigenvalue weighted by Gasteiger charge is 2.35. The third-order valence-corrected chi connectivity index (χ3v) is 7.37. The molecule has 0 aliphatic carbocycles. The molecule has 3 N–H and O–H groups in total. The van der Waals surface area contributed by atoms with E-state index in [0.717, 1.165) is 28.1 Å². The van der Waals surface area contributed by atoms with E-state index in [-0.39, 0.29) is 46.7 Å². The fraction of sp³-hybridized carbons (Fsp3) is 0.167. The highest BCUT2D eigenvalue weighted by molar-refractivity contribution is 7.92. The molecule has 13 heteroatoms. The Balaban J connectivity index is 1.56. The third kappa shape index (κ3) is 6.22. The number of carbonyl (C=O) groups excluding carboxylic acids is 1. The van der Waals surface area contributed by atoms with Crippen LogP contribution in [-0.2, 0) is 21.4 Å². The van der Waals surface area contributed by atoms with Gasteiger partial charge in [-0.1, -0.05) is 41.9 Å². The second-order valence-corrected chi connectivity index (χ2v) is 10.2. The molecule has 0 aromatic heterocycles. The molecule has 3 aromatic carbocycles. The number of hydrogen-bond donors (Lipinski definition) is 3. The van der Waals surface area contributed by atoms with Gasteiger partial charge in [0.2, 0.25) is 0 Å². The quantitative estimate of drug-likeness (QED) is 0.396. The molecule has 3 aromatic rings. The van der Waals surface area contributed by atoms with Gasteiger partial charge in [-0.2, -0.15) is 0 Å². The number of carbonyl (C=O) groups is 2. The number of ether oxygens (including phenoxy) is 2. The number of benzene rings is 3. The van der Waals surface area contributed by atoms with E-state index in [1.807, 2.05) is 18.2 Å². The molecule has 1 aliphatic rings. The first kappa shape index (κ1) is 26.0. The zero-order chi connectivity index (χ0) is 26.6. The number of carboxylic acid groups (broad SMARTS) is 1. The van der Waals surface area contributed by atoms with Crippen LogP contribution in [0, 0.1) is 5.82 Å². The average molecular weight is 550 g/mol. The molecule has 194 valence electrons. The normalized spacial score (nSPS) is 14.8. The number of nitrogens with one attached hydrogen (secondary N) is 2. The van der Waals surface area contributed by atoms with Crippen LogP contribution in [0.4, 0.5) is 25.4 Å². The smallest absolute Gasteiger partial charge is 0.409 e. The van der Waals surface area contributed by atoms with Gasteiger partial charge in [0.1, 0.15) is 24.3 Å². The Morgan fingerprint density at radius 2 is 1.89 bits per heavy atom. The molecule has 1 heterocycles. The summed E-state index contributed by atoms with van der Waals surface area (Å²) in [6, 6.07) is 16.1. The summed E-state index contributed by atoms with van der Waals surface area (Å²) in [5, 5.41) is 13.4. The van der Waals surface area contributed by atoms with E-state index in [1.54, 1.807) is 12.1 Å². The minimum absolute atomic E-state index is 0.0478. The van der Waals surface area contributed by atoms with Crippen LogP contribution < -0.4 is 19.7 Å². The Bertz CT molecular complexity index is 1420. The van der Waals surface area contributed by atoms with E-state index in [9.17, 15) is 22.4 Å². The van der Waals surface area contributed by atoms with Crippen molar-refractivity contribution in [1.29, 1.82) is 0 Å². The predicted molar refractivity (Wildman–Crippen MR) is 133 cm³/mol. The van der Waals surface area contributed by atoms with Crippen LogP contribution in [0.15, 0.2) is 71.6 Å². The molecule has 0 spiro atoms. The van der Waals surface area contributed by atoms with Crippen LogP contribution in [0.1, 0.15) is 5.56 Å². The SMILES string of the molecule is O=C(O)Nc1ccc2c(c1)N(S(=O)(=O)c1ccc(F)c(Cl)c1)CC(CNC(=O)OCc1ccccc1)O2. The van der Waals surface area contributed by atoms with Gasteiger partial charge >= 0.3 is 12.2 Å². The van der Waals surface area contributed by atoms with Crippen LogP contribution >= 0.6 is 11.6 Å². The molecule has 10 nitrogen and oxygen atoms in total. The van der Waals surface area contributed by atoms with Crippen LogP contribution in [0.3, 0.4) is 0 Å². The molecule has 1 unspecified atom stereocenters. The summed E-state index contributed by atoms with van der Waals surface area (Å²) in [5.41, 5.74) is 0.948. The van der Waals surface area contributed by atoms with Crippen molar-refractivity contribution in [2.75, 3.05) is 22.7 Å². The summed E-state index contributed by atoms with van der Waals surface area (Å²) in [6.45, 7) is -0.301. The van der Waals surface area contributed by atoms with Gasteiger partial charge < -0.3 is 19.9 Å². The van der Waals surface area contributed by atoms with Gasteiger partial charge in [-0.05, 0) is 42.0 Å². The second-order valence-electron chi connectivity index (χ2n) is 7.91. The molecular weight excluding hydrogens is 529 g/mol. The number of amides is 2. The summed E-state index contributed by atoms with van der Waals surface area (Å²) >= 11 is 5.81. The van der Waals surface area contributed by atoms with Gasteiger partial charge in [-0.15, -0.1) is 0 Å². The molecular formula is C24H21ClFN3O7S. The largest absolute Gasteiger partial charge is 0.484 e. The van der Waals surface area contributed by atoms with Crippen LogP contribution in [0.5, 0.6) is 5.75 Å². The molecule has 0 bridgehead atoms. The summed E-state index contributed by atoms with van der Waals surface area (Å²) in [6.07, 6.45) is -2.90. The van der Waals surface area contributed by atoms with Gasteiger partial charge in [0.25, 0.3) is 10.0 Å². The molecule has 0 fully saturated rings. The molecule has 0 saturated carbocycles. The number of nitrogens with zero attached hydrogens (tertiary/aromatic N) is 1. The van der Waals surface area contributed by atoms with Gasteiger partial charge in [0.05, 0.1) is 28.7 Å². The highest BCUT2D eigenvalue weighted by Crippen LogP contribution is 2.39. The molecule has 4 rings (SSSR count). The minimum Gasteiger partial charge on any atom is -0.484 e. The van der Waals surface area contributed by atoms with Crippen molar-refractivity contribution >= 4 is 45.2 Å². The van der Waals surface area contributed by atoms with Crippen molar-refractivity contribution in [3.8, 4) is 5.75 Å². The maximum atomic E-state index is 13.7. The van der Waals surface area contributed by atoms with E-state index in [4.69, 9.17) is 26.2 Å². The van der Waals surface area contributed by atoms with E-state index < -0.39 is 34.1 Å². The van der Waals surface area contributed by atoms with Crippen molar-refractivity contribution in [3.05, 3.63) is 83.1 Å². The molecule has 0 radical (unpaired) electrons. The van der Waals surface area contributed by atoms with Gasteiger partial charge in [0, 0.05) is 5.69 Å². The molecule has 0 saturated heterocycles. The first-order valence-electron chi connectivity index (χ1n) is 10.9. The molecule has 1 aliphatic heterocycles. The second kappa shape index (κ2) is 10.9. The molecule has 2 amide bonds. The van der Waals surface area contributed by atoms with Gasteiger partial charge in [-0.3, -0.25) is 9.62 Å². The number of anilines is 2. The van der Waals surface area contributed by atoms with Crippen molar-refractivity contribution in [2.24, 2.45) is 0 Å². The standard InChI is InChI=1S/C24H21ClFN3O7S/c25-19-11-18(7-8-20(19)26)37(33,34)29-13-17(12-27-24(32)35-14-15-4-2-1-3-5-15)36-22-9-6-16(10-21(22)29)28-23(30)31/h1-11,17,28H,12-14H2,(H,27,32)(H,30,31). The lowest BCUT2D eigenvalue weighted by molar-refractivity contribution is 0.130. The van der Waals surface area contributed by atoms with Crippen molar-refractivity contribution in [3.63, 3.8) is 0 Å². The maximum Gasteiger partial charge on any atom is 0.409 e. The number of halogens is 2. The lowest BCUT2D eigenvalue weighted by Gasteiger charge is -2.35. The Morgan fingerprint density at radius 3 is 2.59 bits per heavy atom. The van der Waals surface area contributed by atoms with E-state index in [1.165, 1.54) is 18.2 Å². The fourth-order valence-electron chi connectivity index (χ4n) is 3.58. The van der Waals surface area contributed by atoms with Gasteiger partial charge in [0.15, 0.2) is 0 Å². The van der Waals surface area contributed by atoms with Crippen LogP contribution in [-0.4, -0.2) is 44.9 Å². The Morgan fingerprint density at radius 1 is 1.14 bits per heavy atom. The Hall–Kier alpha value is -4.03. The zero-order valence-corrected chi connectivity index (χ0v) is 20.6. The molecule has 37 heavy (non-hydrogen) atoms. The number of alkyl carbamates (subject to hydrolysis) is 1. The molecule has 1 atom stereocenters. The zero-order valence-electron chi connectivity index (χ0n) is 19.1. The van der Waals surface area contributed by atoms with Crippen LogP contribution in [0.25, 0.3) is 0 Å². The highest BCUT2D eigenvalue weighted by atomic mass is 35.5. The summed E-state index contributed by atoms with van der Waals surface area (Å²) in [4.78, 5) is 23.0. The number of fused-ring (bicyclic) bond motifs is 1. The van der Waals surface area contributed by atoms with Crippen LogP contribution in [0.2, 0.25) is 5.02 Å².